The summed E-state index contributed by atoms with van der Waals surface area (Å²) in [5.74, 6) is 1.82. The molecule has 0 aromatic heterocycles. The highest BCUT2D eigenvalue weighted by atomic mass is 35.5. The second-order valence-corrected chi connectivity index (χ2v) is 8.06. The van der Waals surface area contributed by atoms with E-state index in [1.807, 2.05) is 32.9 Å². The van der Waals surface area contributed by atoms with Gasteiger partial charge in [0.15, 0.2) is 6.29 Å². The number of rotatable bonds is 5. The Kier molecular flexibility index (Phi) is 7.57. The van der Waals surface area contributed by atoms with Crippen LogP contribution in [0.2, 0.25) is 0 Å². The number of amides is 1. The predicted molar refractivity (Wildman–Crippen MR) is 133 cm³/mol. The Hall–Kier alpha value is -2.85. The number of ether oxygens (including phenoxy) is 1. The molecule has 0 fully saturated rings. The van der Waals surface area contributed by atoms with Crippen molar-refractivity contribution in [1.29, 1.82) is 0 Å². The minimum absolute atomic E-state index is 0.160. The first-order chi connectivity index (χ1) is 15.5. The van der Waals surface area contributed by atoms with Gasteiger partial charge in [-0.25, -0.2) is 0 Å². The lowest BCUT2D eigenvalue weighted by Gasteiger charge is -2.28. The molecule has 32 heavy (non-hydrogen) atoms. The topological polar surface area (TPSA) is 46.6 Å². The van der Waals surface area contributed by atoms with Crippen LogP contribution in [0, 0.1) is 0 Å². The van der Waals surface area contributed by atoms with Gasteiger partial charge in [0.05, 0.1) is 0 Å². The summed E-state index contributed by atoms with van der Waals surface area (Å²) in [5, 5.41) is 1.46. The maximum Gasteiger partial charge on any atom is 0.254 e. The fourth-order valence-corrected chi connectivity index (χ4v) is 4.44. The molecule has 2 aromatic carbocycles. The van der Waals surface area contributed by atoms with Gasteiger partial charge in [-0.1, -0.05) is 37.6 Å². The molecule has 0 atom stereocenters. The molecule has 0 N–H and O–H groups in total. The summed E-state index contributed by atoms with van der Waals surface area (Å²) < 4.78 is 6.27. The maximum atomic E-state index is 13.1. The summed E-state index contributed by atoms with van der Waals surface area (Å²) in [7, 11) is 1.72. The first kappa shape index (κ1) is 23.8. The van der Waals surface area contributed by atoms with Crippen molar-refractivity contribution in [3.05, 3.63) is 70.0 Å². The van der Waals surface area contributed by atoms with E-state index in [1.165, 1.54) is 11.1 Å². The summed E-state index contributed by atoms with van der Waals surface area (Å²) in [4.78, 5) is 26.5. The van der Waals surface area contributed by atoms with Crippen molar-refractivity contribution in [2.24, 2.45) is 0 Å². The number of allylic oxidation sites excluding steroid dienone is 6. The molecule has 2 aromatic rings. The van der Waals surface area contributed by atoms with Crippen LogP contribution in [0.3, 0.4) is 0 Å². The average molecular weight is 452 g/mol. The third-order valence-electron chi connectivity index (χ3n) is 5.98. The number of hydrogen-bond acceptors (Lipinski definition) is 3. The van der Waals surface area contributed by atoms with E-state index in [1.54, 1.807) is 24.1 Å². The summed E-state index contributed by atoms with van der Waals surface area (Å²) in [6.07, 6.45) is 6.85. The first-order valence-corrected chi connectivity index (χ1v) is 11.6. The van der Waals surface area contributed by atoms with Crippen molar-refractivity contribution in [2.45, 2.75) is 40.5 Å². The van der Waals surface area contributed by atoms with Crippen LogP contribution in [-0.2, 0) is 0 Å². The van der Waals surface area contributed by atoms with Gasteiger partial charge in [0.2, 0.25) is 0 Å². The van der Waals surface area contributed by atoms with Crippen LogP contribution in [0.4, 0.5) is 0 Å². The van der Waals surface area contributed by atoms with Crippen LogP contribution in [0.5, 0.6) is 5.75 Å². The monoisotopic (exact) mass is 451 g/mol. The lowest BCUT2D eigenvalue weighted by Crippen LogP contribution is -2.29. The Labute approximate surface area is 195 Å². The first-order valence-electron chi connectivity index (χ1n) is 11.1. The molecule has 0 spiro atoms. The minimum Gasteiger partial charge on any atom is -0.460 e. The van der Waals surface area contributed by atoms with Crippen molar-refractivity contribution in [1.82, 2.24) is 4.90 Å². The summed E-state index contributed by atoms with van der Waals surface area (Å²) in [6, 6.07) is 7.35. The fourth-order valence-electron chi connectivity index (χ4n) is 4.18. The van der Waals surface area contributed by atoms with Gasteiger partial charge in [-0.3, -0.25) is 9.59 Å². The van der Waals surface area contributed by atoms with Crippen molar-refractivity contribution >= 4 is 40.1 Å². The van der Waals surface area contributed by atoms with E-state index in [0.717, 1.165) is 41.4 Å². The molecule has 1 amide bonds. The molecule has 1 aliphatic carbocycles. The van der Waals surface area contributed by atoms with Crippen molar-refractivity contribution in [3.63, 3.8) is 0 Å². The lowest BCUT2D eigenvalue weighted by molar-refractivity contribution is 0.0805. The van der Waals surface area contributed by atoms with Gasteiger partial charge in [-0.05, 0) is 49.6 Å². The maximum absolute atomic E-state index is 13.1. The van der Waals surface area contributed by atoms with Gasteiger partial charge in [0.25, 0.3) is 5.91 Å². The smallest absolute Gasteiger partial charge is 0.254 e. The van der Waals surface area contributed by atoms with E-state index in [9.17, 15) is 9.59 Å². The van der Waals surface area contributed by atoms with Gasteiger partial charge in [-0.15, -0.1) is 11.6 Å². The minimum atomic E-state index is -0.160. The van der Waals surface area contributed by atoms with Crippen molar-refractivity contribution < 1.29 is 14.3 Å². The Morgan fingerprint density at radius 2 is 1.91 bits per heavy atom. The molecule has 5 heteroatoms. The van der Waals surface area contributed by atoms with E-state index >= 15 is 0 Å². The predicted octanol–water partition coefficient (Wildman–Crippen LogP) is 6.78. The SMILES string of the molecule is C/C=C(\C)C1=CC2=C(CC1)Oc1ccc(C(=O)N(C)CCCl)c3c(C=O)ccc2c13.CC. The number of benzene rings is 2. The third-order valence-corrected chi connectivity index (χ3v) is 6.15. The molecule has 4 rings (SSSR count). The molecule has 1 heterocycles. The second-order valence-electron chi connectivity index (χ2n) is 7.68. The number of hydrogen-bond donors (Lipinski definition) is 0. The van der Waals surface area contributed by atoms with Gasteiger partial charge >= 0.3 is 0 Å². The number of halogens is 1. The van der Waals surface area contributed by atoms with Crippen LogP contribution in [0.1, 0.15) is 66.8 Å². The molecule has 168 valence electrons. The molecule has 0 radical (unpaired) electrons. The molecule has 0 bridgehead atoms. The molecule has 0 saturated heterocycles. The molecular weight excluding hydrogens is 422 g/mol. The van der Waals surface area contributed by atoms with Crippen molar-refractivity contribution in [2.75, 3.05) is 19.5 Å². The standard InChI is InChI=1S/C25H24ClNO3.C2H6/c1-4-15(2)16-6-9-21-20(13-16)18-7-5-17(14-28)23-19(25(29)27(3)12-11-26)8-10-22(30-21)24(18)23;1-2/h4-5,7-8,10,13-14H,6,9,11-12H2,1-3H3;1-2H3/b15-4+;. The largest absolute Gasteiger partial charge is 0.460 e. The quantitative estimate of drug-likeness (QED) is 0.371. The highest BCUT2D eigenvalue weighted by Gasteiger charge is 2.28. The van der Waals surface area contributed by atoms with Crippen LogP contribution in [0.15, 0.2) is 53.3 Å². The molecule has 1 aliphatic heterocycles. The third kappa shape index (κ3) is 4.12. The lowest BCUT2D eigenvalue weighted by atomic mass is 9.84. The zero-order chi connectivity index (χ0) is 23.4. The molecule has 0 saturated carbocycles. The van der Waals surface area contributed by atoms with E-state index < -0.39 is 0 Å². The van der Waals surface area contributed by atoms with E-state index in [4.69, 9.17) is 16.3 Å². The fraction of sp³-hybridized carbons (Fsp3) is 0.333. The number of alkyl halides is 1. The molecule has 0 unspecified atom stereocenters. The van der Waals surface area contributed by atoms with Gasteiger partial charge in [-0.2, -0.15) is 0 Å². The van der Waals surface area contributed by atoms with Crippen LogP contribution in [-0.4, -0.2) is 36.6 Å². The highest BCUT2D eigenvalue weighted by molar-refractivity contribution is 6.19. The normalized spacial score (nSPS) is 14.7. The Morgan fingerprint density at radius 1 is 1.16 bits per heavy atom. The van der Waals surface area contributed by atoms with E-state index in [0.29, 0.717) is 34.7 Å². The van der Waals surface area contributed by atoms with Crippen LogP contribution >= 0.6 is 11.6 Å². The summed E-state index contributed by atoms with van der Waals surface area (Å²) in [5.41, 5.74) is 5.54. The molecular formula is C27H30ClNO3. The number of aldehydes is 1. The van der Waals surface area contributed by atoms with E-state index in [-0.39, 0.29) is 5.91 Å². The molecule has 4 nitrogen and oxygen atoms in total. The van der Waals surface area contributed by atoms with Crippen molar-refractivity contribution in [3.8, 4) is 5.75 Å². The zero-order valence-corrected chi connectivity index (χ0v) is 20.2. The number of carbonyl (C=O) groups is 2. The Balaban J connectivity index is 0.00000141. The van der Waals surface area contributed by atoms with E-state index in [2.05, 4.69) is 19.1 Å². The number of fused-ring (bicyclic) bond motifs is 1. The Bertz CT molecular complexity index is 1160. The van der Waals surface area contributed by atoms with Gasteiger partial charge < -0.3 is 9.64 Å². The number of nitrogens with zero attached hydrogens (tertiary/aromatic N) is 1. The molecule has 2 aliphatic rings. The summed E-state index contributed by atoms with van der Waals surface area (Å²) in [6.45, 7) is 8.59. The van der Waals surface area contributed by atoms with Gasteiger partial charge in [0.1, 0.15) is 11.5 Å². The van der Waals surface area contributed by atoms with Crippen LogP contribution < -0.4 is 4.74 Å². The Morgan fingerprint density at radius 3 is 2.56 bits per heavy atom. The average Bonchev–Trinajstić information content (AvgIpc) is 2.84. The zero-order valence-electron chi connectivity index (χ0n) is 19.4. The summed E-state index contributed by atoms with van der Waals surface area (Å²) >= 11 is 5.83. The number of carbonyl (C=O) groups excluding carboxylic acids is 2. The highest BCUT2D eigenvalue weighted by Crippen LogP contribution is 2.46. The van der Waals surface area contributed by atoms with Crippen LogP contribution in [0.25, 0.3) is 16.3 Å². The van der Waals surface area contributed by atoms with Gasteiger partial charge in [0, 0.05) is 53.4 Å². The second kappa shape index (κ2) is 10.2.